The number of rotatable bonds is 4. The molecule has 3 rings (SSSR count). The Balaban J connectivity index is 1.79. The Kier molecular flexibility index (Phi) is 3.18. The van der Waals surface area contributed by atoms with E-state index in [9.17, 15) is 9.90 Å². The minimum Gasteiger partial charge on any atom is -0.481 e. The SMILES string of the molecule is COCc1nsc(N2C[C@@H]3CCC[C@@]3(C(=O)O)C2)n1. The number of hydrogen-bond acceptors (Lipinski definition) is 6. The molecule has 0 aromatic carbocycles. The van der Waals surface area contributed by atoms with Crippen LogP contribution in [0.3, 0.4) is 0 Å². The van der Waals surface area contributed by atoms with Gasteiger partial charge in [0.25, 0.3) is 0 Å². The van der Waals surface area contributed by atoms with Gasteiger partial charge in [0.1, 0.15) is 6.61 Å². The molecule has 0 unspecified atom stereocenters. The van der Waals surface area contributed by atoms with Crippen LogP contribution in [0.2, 0.25) is 0 Å². The summed E-state index contributed by atoms with van der Waals surface area (Å²) in [6.07, 6.45) is 2.82. The maximum absolute atomic E-state index is 11.6. The van der Waals surface area contributed by atoms with Crippen molar-refractivity contribution in [3.05, 3.63) is 5.82 Å². The lowest BCUT2D eigenvalue weighted by molar-refractivity contribution is -0.149. The number of ether oxygens (including phenoxy) is 1. The smallest absolute Gasteiger partial charge is 0.311 e. The molecule has 0 radical (unpaired) electrons. The van der Waals surface area contributed by atoms with Gasteiger partial charge in [-0.1, -0.05) is 6.42 Å². The summed E-state index contributed by atoms with van der Waals surface area (Å²) in [6, 6.07) is 0. The number of carboxylic acids is 1. The molecule has 2 fully saturated rings. The lowest BCUT2D eigenvalue weighted by atomic mass is 9.81. The van der Waals surface area contributed by atoms with Crippen molar-refractivity contribution < 1.29 is 14.6 Å². The van der Waals surface area contributed by atoms with Crippen molar-refractivity contribution in [2.75, 3.05) is 25.1 Å². The molecule has 2 aliphatic rings. The average molecular weight is 283 g/mol. The van der Waals surface area contributed by atoms with Gasteiger partial charge in [0, 0.05) is 31.7 Å². The molecular weight excluding hydrogens is 266 g/mol. The van der Waals surface area contributed by atoms with E-state index in [1.54, 1.807) is 7.11 Å². The first-order valence-electron chi connectivity index (χ1n) is 6.45. The number of aromatic nitrogens is 2. The predicted molar refractivity (Wildman–Crippen MR) is 70.2 cm³/mol. The van der Waals surface area contributed by atoms with E-state index in [2.05, 4.69) is 14.3 Å². The molecule has 0 bridgehead atoms. The second-order valence-electron chi connectivity index (χ2n) is 5.36. The molecule has 7 heteroatoms. The molecule has 1 saturated heterocycles. The Morgan fingerprint density at radius 3 is 3.21 bits per heavy atom. The molecule has 2 atom stereocenters. The van der Waals surface area contributed by atoms with Crippen LogP contribution < -0.4 is 4.90 Å². The highest BCUT2D eigenvalue weighted by Crippen LogP contribution is 2.49. The van der Waals surface area contributed by atoms with Crippen LogP contribution in [0.15, 0.2) is 0 Å². The van der Waals surface area contributed by atoms with Crippen LogP contribution in [0.1, 0.15) is 25.1 Å². The van der Waals surface area contributed by atoms with Crippen LogP contribution in [0.4, 0.5) is 5.13 Å². The first-order chi connectivity index (χ1) is 9.15. The van der Waals surface area contributed by atoms with Gasteiger partial charge in [-0.15, -0.1) is 0 Å². The number of fused-ring (bicyclic) bond motifs is 1. The zero-order valence-corrected chi connectivity index (χ0v) is 11.7. The van der Waals surface area contributed by atoms with E-state index in [4.69, 9.17) is 4.74 Å². The van der Waals surface area contributed by atoms with Crippen molar-refractivity contribution in [3.63, 3.8) is 0 Å². The lowest BCUT2D eigenvalue weighted by Gasteiger charge is -2.22. The molecule has 6 nitrogen and oxygen atoms in total. The van der Waals surface area contributed by atoms with Crippen LogP contribution in [0, 0.1) is 11.3 Å². The van der Waals surface area contributed by atoms with Crippen molar-refractivity contribution in [1.82, 2.24) is 9.36 Å². The Morgan fingerprint density at radius 2 is 2.53 bits per heavy atom. The van der Waals surface area contributed by atoms with Crippen molar-refractivity contribution in [1.29, 1.82) is 0 Å². The van der Waals surface area contributed by atoms with Crippen molar-refractivity contribution >= 4 is 22.6 Å². The van der Waals surface area contributed by atoms with Crippen LogP contribution in [0.25, 0.3) is 0 Å². The number of carboxylic acid groups (broad SMARTS) is 1. The van der Waals surface area contributed by atoms with Gasteiger partial charge < -0.3 is 14.7 Å². The summed E-state index contributed by atoms with van der Waals surface area (Å²) in [7, 11) is 1.61. The minimum absolute atomic E-state index is 0.250. The van der Waals surface area contributed by atoms with E-state index < -0.39 is 11.4 Å². The quantitative estimate of drug-likeness (QED) is 0.899. The first kappa shape index (κ1) is 12.8. The van der Waals surface area contributed by atoms with Crippen LogP contribution in [-0.2, 0) is 16.1 Å². The molecule has 2 heterocycles. The molecule has 1 aromatic heterocycles. The number of aliphatic carboxylic acids is 1. The Labute approximate surface area is 115 Å². The summed E-state index contributed by atoms with van der Waals surface area (Å²) in [5.74, 6) is 0.267. The molecule has 1 N–H and O–H groups in total. The summed E-state index contributed by atoms with van der Waals surface area (Å²) in [6.45, 7) is 1.75. The number of methoxy groups -OCH3 is 1. The van der Waals surface area contributed by atoms with E-state index >= 15 is 0 Å². The average Bonchev–Trinajstić information content (AvgIpc) is 3.00. The first-order valence-corrected chi connectivity index (χ1v) is 7.23. The van der Waals surface area contributed by atoms with Crippen molar-refractivity contribution in [2.24, 2.45) is 11.3 Å². The van der Waals surface area contributed by atoms with Crippen molar-refractivity contribution in [3.8, 4) is 0 Å². The molecule has 1 aliphatic heterocycles. The maximum Gasteiger partial charge on any atom is 0.311 e. The normalized spacial score (nSPS) is 29.7. The molecule has 19 heavy (non-hydrogen) atoms. The molecule has 104 valence electrons. The Hall–Kier alpha value is -1.21. The molecule has 1 aliphatic carbocycles. The third kappa shape index (κ3) is 2.01. The minimum atomic E-state index is -0.654. The maximum atomic E-state index is 11.6. The standard InChI is InChI=1S/C12H17N3O3S/c1-18-6-9-13-11(19-14-9)15-5-8-3-2-4-12(8,7-15)10(16)17/h8H,2-7H2,1H3,(H,16,17)/t8-,12+/m0/s1. The Bertz CT molecular complexity index is 492. The number of anilines is 1. The van der Waals surface area contributed by atoms with E-state index in [1.807, 2.05) is 0 Å². The predicted octanol–water partition coefficient (Wildman–Crippen LogP) is 1.38. The summed E-state index contributed by atoms with van der Waals surface area (Å²) >= 11 is 1.33. The highest BCUT2D eigenvalue weighted by molar-refractivity contribution is 7.09. The van der Waals surface area contributed by atoms with Crippen LogP contribution in [0.5, 0.6) is 0 Å². The molecular formula is C12H17N3O3S. The fourth-order valence-corrected chi connectivity index (χ4v) is 4.03. The summed E-state index contributed by atoms with van der Waals surface area (Å²) in [5, 5.41) is 10.4. The number of nitrogens with zero attached hydrogens (tertiary/aromatic N) is 3. The van der Waals surface area contributed by atoms with Gasteiger partial charge in [-0.25, -0.2) is 4.98 Å². The van der Waals surface area contributed by atoms with Gasteiger partial charge in [-0.2, -0.15) is 4.37 Å². The van der Waals surface area contributed by atoms with Gasteiger partial charge in [-0.3, -0.25) is 4.79 Å². The van der Waals surface area contributed by atoms with Gasteiger partial charge >= 0.3 is 5.97 Å². The highest BCUT2D eigenvalue weighted by atomic mass is 32.1. The van der Waals surface area contributed by atoms with Crippen molar-refractivity contribution in [2.45, 2.75) is 25.9 Å². The second kappa shape index (κ2) is 4.72. The Morgan fingerprint density at radius 1 is 1.68 bits per heavy atom. The van der Waals surface area contributed by atoms with Crippen LogP contribution >= 0.6 is 11.5 Å². The number of hydrogen-bond donors (Lipinski definition) is 1. The summed E-state index contributed by atoms with van der Waals surface area (Å²) in [4.78, 5) is 18.1. The van der Waals surface area contributed by atoms with E-state index in [0.717, 1.165) is 30.9 Å². The molecule has 0 amide bonds. The van der Waals surface area contributed by atoms with E-state index in [-0.39, 0.29) is 5.92 Å². The third-order valence-corrected chi connectivity index (χ3v) is 5.11. The molecule has 0 spiro atoms. The second-order valence-corrected chi connectivity index (χ2v) is 6.09. The van der Waals surface area contributed by atoms with Gasteiger partial charge in [0.2, 0.25) is 5.13 Å². The van der Waals surface area contributed by atoms with Gasteiger partial charge in [0.15, 0.2) is 5.82 Å². The highest BCUT2D eigenvalue weighted by Gasteiger charge is 2.55. The van der Waals surface area contributed by atoms with Gasteiger partial charge in [0.05, 0.1) is 5.41 Å². The summed E-state index contributed by atoms with van der Waals surface area (Å²) in [5.41, 5.74) is -0.562. The lowest BCUT2D eigenvalue weighted by Crippen LogP contribution is -2.35. The van der Waals surface area contributed by atoms with E-state index in [1.165, 1.54) is 11.5 Å². The zero-order valence-electron chi connectivity index (χ0n) is 10.8. The van der Waals surface area contributed by atoms with E-state index in [0.29, 0.717) is 19.0 Å². The zero-order chi connectivity index (χ0) is 13.5. The summed E-state index contributed by atoms with van der Waals surface area (Å²) < 4.78 is 9.23. The fraction of sp³-hybridized carbons (Fsp3) is 0.750. The monoisotopic (exact) mass is 283 g/mol. The number of carbonyl (C=O) groups is 1. The largest absolute Gasteiger partial charge is 0.481 e. The fourth-order valence-electron chi connectivity index (χ4n) is 3.35. The van der Waals surface area contributed by atoms with Gasteiger partial charge in [-0.05, 0) is 18.8 Å². The molecule has 1 aromatic rings. The molecule has 1 saturated carbocycles. The topological polar surface area (TPSA) is 75.5 Å². The van der Waals surface area contributed by atoms with Crippen LogP contribution in [-0.4, -0.2) is 40.6 Å². The third-order valence-electron chi connectivity index (χ3n) is 4.30.